The molecule has 2 nitrogen and oxygen atoms in total. The van der Waals surface area contributed by atoms with E-state index in [-0.39, 0.29) is 51.7 Å². The standard InChI is InChI=1S/C20H30O2.Ba.2H/c1-2-3-4-5-6-7-8-9-10-11-12-13-14-15-16-17-18-19-20(21)22;;;/h10-19H,2-9H2,1H3,(H,21,22);;;/q;+2;2*-1. The Labute approximate surface area is 185 Å². The van der Waals surface area contributed by atoms with Crippen molar-refractivity contribution in [2.45, 2.75) is 58.3 Å². The second-order valence-corrected chi connectivity index (χ2v) is 5.19. The number of carboxylic acids is 1. The predicted octanol–water partition coefficient (Wildman–Crippen LogP) is 5.84. The van der Waals surface area contributed by atoms with Gasteiger partial charge in [-0.1, -0.05) is 100 Å². The summed E-state index contributed by atoms with van der Waals surface area (Å²) < 4.78 is 0. The Morgan fingerprint density at radius 2 is 1.26 bits per heavy atom. The van der Waals surface area contributed by atoms with Crippen molar-refractivity contribution in [3.8, 4) is 0 Å². The molecule has 0 saturated carbocycles. The first-order chi connectivity index (χ1) is 10.8. The molecule has 1 N–H and O–H groups in total. The number of carbonyl (C=O) groups is 1. The van der Waals surface area contributed by atoms with Gasteiger partial charge in [-0.15, -0.1) is 0 Å². The topological polar surface area (TPSA) is 37.3 Å². The monoisotopic (exact) mass is 442 g/mol. The summed E-state index contributed by atoms with van der Waals surface area (Å²) in [7, 11) is 0. The van der Waals surface area contributed by atoms with Gasteiger partial charge in [-0.3, -0.25) is 0 Å². The van der Waals surface area contributed by atoms with Gasteiger partial charge in [0.25, 0.3) is 0 Å². The van der Waals surface area contributed by atoms with Crippen LogP contribution in [-0.2, 0) is 4.79 Å². The van der Waals surface area contributed by atoms with Gasteiger partial charge in [0.05, 0.1) is 0 Å². The van der Waals surface area contributed by atoms with Crippen LogP contribution in [0.3, 0.4) is 0 Å². The van der Waals surface area contributed by atoms with Gasteiger partial charge in [0.1, 0.15) is 0 Å². The van der Waals surface area contributed by atoms with E-state index in [1.165, 1.54) is 51.0 Å². The Morgan fingerprint density at radius 1 is 0.783 bits per heavy atom. The molecule has 3 heteroatoms. The summed E-state index contributed by atoms with van der Waals surface area (Å²) in [6, 6.07) is 0. The number of aliphatic carboxylic acids is 1. The predicted molar refractivity (Wildman–Crippen MR) is 104 cm³/mol. The van der Waals surface area contributed by atoms with Crippen LogP contribution in [0.4, 0.5) is 0 Å². The summed E-state index contributed by atoms with van der Waals surface area (Å²) >= 11 is 0. The Morgan fingerprint density at radius 3 is 1.83 bits per heavy atom. The Hall–Kier alpha value is -0.259. The summed E-state index contributed by atoms with van der Waals surface area (Å²) in [5, 5.41) is 8.38. The van der Waals surface area contributed by atoms with Gasteiger partial charge in [-0.25, -0.2) is 4.79 Å². The molecule has 0 heterocycles. The maximum Gasteiger partial charge on any atom is 2.00 e. The third-order valence-corrected chi connectivity index (χ3v) is 3.13. The van der Waals surface area contributed by atoms with Crippen LogP contribution in [0.5, 0.6) is 0 Å². The van der Waals surface area contributed by atoms with Crippen molar-refractivity contribution < 1.29 is 12.8 Å². The third-order valence-electron chi connectivity index (χ3n) is 3.13. The fourth-order valence-corrected chi connectivity index (χ4v) is 1.92. The van der Waals surface area contributed by atoms with Gasteiger partial charge >= 0.3 is 54.9 Å². The molecule has 0 radical (unpaired) electrons. The van der Waals surface area contributed by atoms with Gasteiger partial charge in [0, 0.05) is 6.08 Å². The molecule has 126 valence electrons. The summed E-state index contributed by atoms with van der Waals surface area (Å²) in [6.45, 7) is 2.25. The van der Waals surface area contributed by atoms with Crippen molar-refractivity contribution in [1.29, 1.82) is 0 Å². The van der Waals surface area contributed by atoms with Crippen LogP contribution in [-0.4, -0.2) is 60.0 Å². The van der Waals surface area contributed by atoms with Gasteiger partial charge in [-0.05, 0) is 12.8 Å². The second kappa shape index (κ2) is 21.7. The van der Waals surface area contributed by atoms with E-state index in [0.29, 0.717) is 0 Å². The van der Waals surface area contributed by atoms with E-state index >= 15 is 0 Å². The van der Waals surface area contributed by atoms with Gasteiger partial charge in [0.15, 0.2) is 0 Å². The average molecular weight is 442 g/mol. The summed E-state index contributed by atoms with van der Waals surface area (Å²) in [6.07, 6.45) is 28.8. The van der Waals surface area contributed by atoms with Crippen molar-refractivity contribution >= 4 is 54.9 Å². The molecule has 0 aromatic carbocycles. The maximum atomic E-state index is 10.2. The minimum absolute atomic E-state index is 0. The Kier molecular flexibility index (Phi) is 23.6. The van der Waals surface area contributed by atoms with E-state index in [1.807, 2.05) is 24.3 Å². The third kappa shape index (κ3) is 24.1. The first-order valence-electron chi connectivity index (χ1n) is 8.33. The molecule has 0 spiro atoms. The number of allylic oxidation sites excluding steroid dienone is 9. The van der Waals surface area contributed by atoms with Crippen LogP contribution >= 0.6 is 0 Å². The van der Waals surface area contributed by atoms with E-state index in [4.69, 9.17) is 5.11 Å². The number of hydrogen-bond acceptors (Lipinski definition) is 1. The molecule has 0 amide bonds. The zero-order valence-corrected chi connectivity index (χ0v) is 18.9. The molecule has 0 atom stereocenters. The normalized spacial score (nSPS) is 12.2. The summed E-state index contributed by atoms with van der Waals surface area (Å²) in [5.74, 6) is -0.931. The molecular formula is C20H32BaO2. The van der Waals surface area contributed by atoms with Crippen molar-refractivity contribution in [3.63, 3.8) is 0 Å². The van der Waals surface area contributed by atoms with Crippen LogP contribution < -0.4 is 0 Å². The molecule has 0 saturated heterocycles. The fourth-order valence-electron chi connectivity index (χ4n) is 1.92. The summed E-state index contributed by atoms with van der Waals surface area (Å²) in [4.78, 5) is 10.2. The fraction of sp³-hybridized carbons (Fsp3) is 0.450. The number of unbranched alkanes of at least 4 members (excludes halogenated alkanes) is 7. The largest absolute Gasteiger partial charge is 2.00 e. The molecule has 0 fully saturated rings. The SMILES string of the molecule is CCCCCCCCCC=CC=CC=CC=CC=CC(=O)O.[Ba+2].[H-].[H-]. The number of rotatable bonds is 13. The number of carboxylic acid groups (broad SMARTS) is 1. The second-order valence-electron chi connectivity index (χ2n) is 5.19. The zero-order valence-electron chi connectivity index (χ0n) is 16.5. The van der Waals surface area contributed by atoms with Crippen LogP contribution in [0.1, 0.15) is 61.1 Å². The first kappa shape index (κ1) is 25.0. The summed E-state index contributed by atoms with van der Waals surface area (Å²) in [5.41, 5.74) is 0. The van der Waals surface area contributed by atoms with Crippen molar-refractivity contribution in [3.05, 3.63) is 60.8 Å². The van der Waals surface area contributed by atoms with E-state index in [1.54, 1.807) is 12.2 Å². The minimum atomic E-state index is -0.931. The molecule has 23 heavy (non-hydrogen) atoms. The molecule has 0 aliphatic heterocycles. The first-order valence-corrected chi connectivity index (χ1v) is 8.33. The molecule has 0 unspecified atom stereocenters. The van der Waals surface area contributed by atoms with E-state index in [0.717, 1.165) is 12.5 Å². The smallest absolute Gasteiger partial charge is 1.00 e. The van der Waals surface area contributed by atoms with Crippen molar-refractivity contribution in [2.75, 3.05) is 0 Å². The molecule has 0 aliphatic rings. The minimum Gasteiger partial charge on any atom is -1.00 e. The van der Waals surface area contributed by atoms with E-state index < -0.39 is 5.97 Å². The van der Waals surface area contributed by atoms with Gasteiger partial charge in [-0.2, -0.15) is 0 Å². The van der Waals surface area contributed by atoms with Gasteiger partial charge in [0.2, 0.25) is 0 Å². The van der Waals surface area contributed by atoms with Crippen molar-refractivity contribution in [1.82, 2.24) is 0 Å². The molecule has 0 aromatic rings. The quantitative estimate of drug-likeness (QED) is 0.169. The Bertz CT molecular complexity index is 414. The molecule has 0 aromatic heterocycles. The zero-order chi connectivity index (χ0) is 16.3. The Balaban J connectivity index is -0.000000735. The van der Waals surface area contributed by atoms with Crippen LogP contribution in [0.2, 0.25) is 0 Å². The van der Waals surface area contributed by atoms with E-state index in [2.05, 4.69) is 19.1 Å². The van der Waals surface area contributed by atoms with Gasteiger partial charge < -0.3 is 7.96 Å². The average Bonchev–Trinajstić information content (AvgIpc) is 2.50. The van der Waals surface area contributed by atoms with E-state index in [9.17, 15) is 4.79 Å². The molecule has 0 rings (SSSR count). The maximum absolute atomic E-state index is 10.2. The molecule has 0 bridgehead atoms. The molecule has 0 aliphatic carbocycles. The van der Waals surface area contributed by atoms with Crippen LogP contribution in [0, 0.1) is 0 Å². The number of hydrogen-bond donors (Lipinski definition) is 1. The van der Waals surface area contributed by atoms with Crippen molar-refractivity contribution in [2.24, 2.45) is 0 Å². The van der Waals surface area contributed by atoms with Crippen LogP contribution in [0.15, 0.2) is 60.8 Å². The molecular weight excluding hydrogens is 410 g/mol. The van der Waals surface area contributed by atoms with Crippen LogP contribution in [0.25, 0.3) is 0 Å².